The summed E-state index contributed by atoms with van der Waals surface area (Å²) in [6.07, 6.45) is 0.912. The van der Waals surface area contributed by atoms with E-state index < -0.39 is 11.6 Å². The number of hydrogen-bond donors (Lipinski definition) is 0. The van der Waals surface area contributed by atoms with Crippen molar-refractivity contribution in [2.24, 2.45) is 5.92 Å². The number of benzene rings is 1. The van der Waals surface area contributed by atoms with Crippen LogP contribution in [0.4, 0.5) is 14.5 Å². The minimum atomic E-state index is -0.495. The smallest absolute Gasteiger partial charge is 0.149 e. The number of nitrogens with zero attached hydrogens (tertiary/aromatic N) is 1. The fourth-order valence-corrected chi connectivity index (χ4v) is 1.95. The maximum Gasteiger partial charge on any atom is 0.149 e. The molecule has 0 amide bonds. The Bertz CT molecular complexity index is 357. The van der Waals surface area contributed by atoms with Gasteiger partial charge in [0.15, 0.2) is 0 Å². The number of rotatable bonds is 5. The molecule has 0 radical (unpaired) electrons. The number of anilines is 1. The molecule has 0 saturated carbocycles. The van der Waals surface area contributed by atoms with E-state index in [1.807, 2.05) is 0 Å². The van der Waals surface area contributed by atoms with Crippen molar-refractivity contribution < 1.29 is 8.78 Å². The molecule has 0 aliphatic heterocycles. The monoisotopic (exact) mass is 305 g/mol. The fourth-order valence-electron chi connectivity index (χ4n) is 1.62. The number of alkyl halides is 1. The molecule has 0 spiro atoms. The summed E-state index contributed by atoms with van der Waals surface area (Å²) in [4.78, 5) is 1.64. The van der Waals surface area contributed by atoms with Crippen LogP contribution < -0.4 is 4.90 Å². The van der Waals surface area contributed by atoms with E-state index in [1.165, 1.54) is 12.1 Å². The first-order chi connectivity index (χ1) is 7.95. The van der Waals surface area contributed by atoms with Crippen molar-refractivity contribution in [3.63, 3.8) is 0 Å². The van der Waals surface area contributed by atoms with Crippen LogP contribution in [0.5, 0.6) is 0 Å². The van der Waals surface area contributed by atoms with Gasteiger partial charge in [0, 0.05) is 18.9 Å². The Morgan fingerprint density at radius 1 is 1.24 bits per heavy atom. The Hall–Kier alpha value is -0.640. The Balaban J connectivity index is 2.89. The molecule has 0 unspecified atom stereocenters. The summed E-state index contributed by atoms with van der Waals surface area (Å²) in [5.41, 5.74) is 0.677. The van der Waals surface area contributed by atoms with Gasteiger partial charge in [-0.15, -0.1) is 0 Å². The highest BCUT2D eigenvalue weighted by Crippen LogP contribution is 2.25. The average Bonchev–Trinajstić information content (AvgIpc) is 2.25. The van der Waals surface area contributed by atoms with Gasteiger partial charge in [0.25, 0.3) is 0 Å². The van der Waals surface area contributed by atoms with Crippen LogP contribution in [0.3, 0.4) is 0 Å². The second-order valence-corrected chi connectivity index (χ2v) is 5.21. The van der Waals surface area contributed by atoms with Crippen LogP contribution in [0, 0.1) is 17.6 Å². The molecule has 0 atom stereocenters. The quantitative estimate of drug-likeness (QED) is 0.731. The van der Waals surface area contributed by atoms with Crippen LogP contribution in [0.15, 0.2) is 12.1 Å². The van der Waals surface area contributed by atoms with E-state index >= 15 is 0 Å². The highest BCUT2D eigenvalue weighted by atomic mass is 79.9. The van der Waals surface area contributed by atoms with E-state index in [0.717, 1.165) is 6.42 Å². The van der Waals surface area contributed by atoms with E-state index in [1.54, 1.807) is 11.9 Å². The third-order valence-electron chi connectivity index (χ3n) is 2.65. The molecule has 1 nitrogen and oxygen atoms in total. The van der Waals surface area contributed by atoms with Gasteiger partial charge < -0.3 is 4.90 Å². The summed E-state index contributed by atoms with van der Waals surface area (Å²) in [6, 6.07) is 2.75. The maximum atomic E-state index is 13.8. The molecule has 0 bridgehead atoms. The van der Waals surface area contributed by atoms with Crippen molar-refractivity contribution in [3.05, 3.63) is 29.3 Å². The SMILES string of the molecule is CC(C)CCN(C)c1c(F)cc(CBr)cc1F. The van der Waals surface area contributed by atoms with Gasteiger partial charge in [-0.05, 0) is 30.0 Å². The molecular weight excluding hydrogens is 288 g/mol. The van der Waals surface area contributed by atoms with Gasteiger partial charge in [-0.2, -0.15) is 0 Å². The Morgan fingerprint density at radius 2 is 1.76 bits per heavy atom. The highest BCUT2D eigenvalue weighted by Gasteiger charge is 2.15. The van der Waals surface area contributed by atoms with Gasteiger partial charge in [-0.25, -0.2) is 8.78 Å². The zero-order valence-electron chi connectivity index (χ0n) is 10.4. The van der Waals surface area contributed by atoms with Crippen LogP contribution in [0.2, 0.25) is 0 Å². The third-order valence-corrected chi connectivity index (χ3v) is 3.30. The van der Waals surface area contributed by atoms with E-state index in [9.17, 15) is 8.78 Å². The van der Waals surface area contributed by atoms with E-state index in [2.05, 4.69) is 29.8 Å². The van der Waals surface area contributed by atoms with Gasteiger partial charge in [0.1, 0.15) is 17.3 Å². The molecule has 96 valence electrons. The summed E-state index contributed by atoms with van der Waals surface area (Å²) in [7, 11) is 1.72. The van der Waals surface area contributed by atoms with Gasteiger partial charge >= 0.3 is 0 Å². The van der Waals surface area contributed by atoms with Crippen molar-refractivity contribution in [1.29, 1.82) is 0 Å². The van der Waals surface area contributed by atoms with Crippen molar-refractivity contribution in [2.75, 3.05) is 18.5 Å². The molecule has 0 N–H and O–H groups in total. The van der Waals surface area contributed by atoms with Crippen molar-refractivity contribution >= 4 is 21.6 Å². The van der Waals surface area contributed by atoms with Gasteiger partial charge in [0.2, 0.25) is 0 Å². The standard InChI is InChI=1S/C13H18BrF2N/c1-9(2)4-5-17(3)13-11(15)6-10(8-14)7-12(13)16/h6-7,9H,4-5,8H2,1-3H3. The summed E-state index contributed by atoms with van der Waals surface area (Å²) in [5, 5.41) is 0.455. The van der Waals surface area contributed by atoms with Crippen molar-refractivity contribution in [3.8, 4) is 0 Å². The summed E-state index contributed by atoms with van der Waals surface area (Å²) < 4.78 is 27.5. The normalized spacial score (nSPS) is 11.0. The van der Waals surface area contributed by atoms with Crippen molar-refractivity contribution in [1.82, 2.24) is 0 Å². The molecule has 4 heteroatoms. The molecule has 0 aliphatic carbocycles. The second kappa shape index (κ2) is 6.34. The maximum absolute atomic E-state index is 13.8. The predicted octanol–water partition coefficient (Wildman–Crippen LogP) is 4.34. The first-order valence-corrected chi connectivity index (χ1v) is 6.82. The van der Waals surface area contributed by atoms with Gasteiger partial charge in [-0.3, -0.25) is 0 Å². The van der Waals surface area contributed by atoms with Crippen LogP contribution in [-0.4, -0.2) is 13.6 Å². The van der Waals surface area contributed by atoms with Crippen LogP contribution in [0.1, 0.15) is 25.8 Å². The van der Waals surface area contributed by atoms with Crippen LogP contribution in [0.25, 0.3) is 0 Å². The average molecular weight is 306 g/mol. The Kier molecular flexibility index (Phi) is 5.37. The number of halogens is 3. The fraction of sp³-hybridized carbons (Fsp3) is 0.538. The largest absolute Gasteiger partial charge is 0.370 e. The second-order valence-electron chi connectivity index (χ2n) is 4.65. The molecule has 0 aliphatic rings. The molecular formula is C13H18BrF2N. The lowest BCUT2D eigenvalue weighted by molar-refractivity contribution is 0.552. The first-order valence-electron chi connectivity index (χ1n) is 5.70. The van der Waals surface area contributed by atoms with Crippen LogP contribution in [-0.2, 0) is 5.33 Å². The van der Waals surface area contributed by atoms with Crippen LogP contribution >= 0.6 is 15.9 Å². The minimum absolute atomic E-state index is 0.0651. The van der Waals surface area contributed by atoms with Gasteiger partial charge in [-0.1, -0.05) is 29.8 Å². The molecule has 1 rings (SSSR count). The summed E-state index contributed by atoms with van der Waals surface area (Å²) >= 11 is 3.19. The number of hydrogen-bond acceptors (Lipinski definition) is 1. The highest BCUT2D eigenvalue weighted by molar-refractivity contribution is 9.08. The minimum Gasteiger partial charge on any atom is -0.370 e. The Morgan fingerprint density at radius 3 is 2.18 bits per heavy atom. The third kappa shape index (κ3) is 3.95. The predicted molar refractivity (Wildman–Crippen MR) is 71.7 cm³/mol. The zero-order chi connectivity index (χ0) is 13.0. The molecule has 1 aromatic rings. The molecule has 0 saturated heterocycles. The Labute approximate surface area is 110 Å². The van der Waals surface area contributed by atoms with E-state index in [-0.39, 0.29) is 5.69 Å². The molecule has 0 aromatic heterocycles. The van der Waals surface area contributed by atoms with Crippen molar-refractivity contribution in [2.45, 2.75) is 25.6 Å². The zero-order valence-corrected chi connectivity index (χ0v) is 12.0. The summed E-state index contributed by atoms with van der Waals surface area (Å²) in [5.74, 6) is -0.471. The lowest BCUT2D eigenvalue weighted by atomic mass is 10.1. The lowest BCUT2D eigenvalue weighted by Crippen LogP contribution is -2.22. The van der Waals surface area contributed by atoms with E-state index in [0.29, 0.717) is 23.4 Å². The van der Waals surface area contributed by atoms with E-state index in [4.69, 9.17) is 0 Å². The summed E-state index contributed by atoms with van der Waals surface area (Å²) in [6.45, 7) is 4.84. The molecule has 1 aromatic carbocycles. The first kappa shape index (κ1) is 14.4. The topological polar surface area (TPSA) is 3.24 Å². The van der Waals surface area contributed by atoms with Gasteiger partial charge in [0.05, 0.1) is 0 Å². The molecule has 0 fully saturated rings. The molecule has 0 heterocycles. The lowest BCUT2D eigenvalue weighted by Gasteiger charge is -2.22. The molecule has 17 heavy (non-hydrogen) atoms.